The van der Waals surface area contributed by atoms with E-state index in [-0.39, 0.29) is 5.82 Å². The second-order valence-electron chi connectivity index (χ2n) is 7.05. The van der Waals surface area contributed by atoms with E-state index in [1.807, 2.05) is 19.2 Å². The molecule has 24 heavy (non-hydrogen) atoms. The highest BCUT2D eigenvalue weighted by molar-refractivity contribution is 5.15. The Labute approximate surface area is 144 Å². The minimum Gasteiger partial charge on any atom is -0.381 e. The summed E-state index contributed by atoms with van der Waals surface area (Å²) in [4.78, 5) is 4.87. The molecule has 3 rings (SSSR count). The summed E-state index contributed by atoms with van der Waals surface area (Å²) in [5, 5.41) is 0. The van der Waals surface area contributed by atoms with Crippen LogP contribution in [0.3, 0.4) is 0 Å². The molecule has 1 saturated carbocycles. The van der Waals surface area contributed by atoms with Crippen molar-refractivity contribution in [1.29, 1.82) is 0 Å². The minimum absolute atomic E-state index is 0.175. The van der Waals surface area contributed by atoms with E-state index in [1.54, 1.807) is 0 Å². The van der Waals surface area contributed by atoms with E-state index in [0.29, 0.717) is 18.2 Å². The van der Waals surface area contributed by atoms with Crippen LogP contribution in [0.2, 0.25) is 0 Å². The third-order valence-electron chi connectivity index (χ3n) is 5.35. The molecule has 1 aromatic rings. The smallest absolute Gasteiger partial charge is 0.123 e. The molecule has 1 aliphatic carbocycles. The van der Waals surface area contributed by atoms with Crippen molar-refractivity contribution in [1.82, 2.24) is 9.80 Å². The number of benzene rings is 1. The second kappa shape index (κ2) is 8.39. The van der Waals surface area contributed by atoms with Gasteiger partial charge < -0.3 is 14.4 Å². The van der Waals surface area contributed by atoms with Crippen LogP contribution in [-0.4, -0.2) is 68.4 Å². The summed E-state index contributed by atoms with van der Waals surface area (Å²) >= 11 is 0. The summed E-state index contributed by atoms with van der Waals surface area (Å²) in [5.41, 5.74) is 1.15. The van der Waals surface area contributed by atoms with Crippen LogP contribution in [0.5, 0.6) is 0 Å². The van der Waals surface area contributed by atoms with Gasteiger partial charge in [-0.2, -0.15) is 0 Å². The van der Waals surface area contributed by atoms with Crippen molar-refractivity contribution >= 4 is 0 Å². The Bertz CT molecular complexity index is 511. The highest BCUT2D eigenvalue weighted by Crippen LogP contribution is 2.29. The molecule has 0 bridgehead atoms. The monoisotopic (exact) mass is 336 g/mol. The van der Waals surface area contributed by atoms with Crippen LogP contribution in [0.25, 0.3) is 0 Å². The maximum Gasteiger partial charge on any atom is 0.123 e. The molecule has 0 N–H and O–H groups in total. The Morgan fingerprint density at radius 1 is 1.29 bits per heavy atom. The minimum atomic E-state index is -0.175. The second-order valence-corrected chi connectivity index (χ2v) is 7.05. The average Bonchev–Trinajstić information content (AvgIpc) is 2.61. The van der Waals surface area contributed by atoms with Crippen molar-refractivity contribution in [2.75, 3.05) is 40.4 Å². The third kappa shape index (κ3) is 4.54. The zero-order chi connectivity index (χ0) is 16.9. The van der Waals surface area contributed by atoms with Gasteiger partial charge >= 0.3 is 0 Å². The fourth-order valence-electron chi connectivity index (χ4n) is 3.92. The number of likely N-dealkylation sites (N-methyl/N-ethyl adjacent to an activating group) is 1. The van der Waals surface area contributed by atoms with E-state index in [0.717, 1.165) is 57.6 Å². The summed E-state index contributed by atoms with van der Waals surface area (Å²) < 4.78 is 24.5. The normalized spacial score (nSPS) is 28.1. The SMILES string of the molecule is CO[C@@H]1CC[C@@H]2OCCN(CCN(C)Cc3ccc(F)cc3)[C@H]2C1. The van der Waals surface area contributed by atoms with Crippen LogP contribution in [0.15, 0.2) is 24.3 Å². The van der Waals surface area contributed by atoms with Crippen molar-refractivity contribution in [3.05, 3.63) is 35.6 Å². The lowest BCUT2D eigenvalue weighted by Crippen LogP contribution is -2.56. The summed E-state index contributed by atoms with van der Waals surface area (Å²) in [5.74, 6) is -0.175. The number of hydrogen-bond donors (Lipinski definition) is 0. The summed E-state index contributed by atoms with van der Waals surface area (Å²) in [6.45, 7) is 4.72. The Hall–Kier alpha value is -1.01. The van der Waals surface area contributed by atoms with E-state index in [9.17, 15) is 4.39 Å². The van der Waals surface area contributed by atoms with Crippen LogP contribution in [-0.2, 0) is 16.0 Å². The molecule has 2 aliphatic rings. The lowest BCUT2D eigenvalue weighted by Gasteiger charge is -2.46. The van der Waals surface area contributed by atoms with Crippen molar-refractivity contribution < 1.29 is 13.9 Å². The molecule has 3 atom stereocenters. The molecule has 4 nitrogen and oxygen atoms in total. The van der Waals surface area contributed by atoms with E-state index in [2.05, 4.69) is 16.8 Å². The van der Waals surface area contributed by atoms with Gasteiger partial charge in [-0.05, 0) is 44.0 Å². The lowest BCUT2D eigenvalue weighted by molar-refractivity contribution is -0.114. The van der Waals surface area contributed by atoms with E-state index in [4.69, 9.17) is 9.47 Å². The van der Waals surface area contributed by atoms with Gasteiger partial charge in [0.05, 0.1) is 18.8 Å². The highest BCUT2D eigenvalue weighted by Gasteiger charge is 2.37. The third-order valence-corrected chi connectivity index (χ3v) is 5.35. The topological polar surface area (TPSA) is 24.9 Å². The maximum absolute atomic E-state index is 13.0. The quantitative estimate of drug-likeness (QED) is 0.797. The van der Waals surface area contributed by atoms with E-state index >= 15 is 0 Å². The van der Waals surface area contributed by atoms with Gasteiger partial charge in [-0.3, -0.25) is 4.90 Å². The molecule has 1 aliphatic heterocycles. The molecular formula is C19H29FN2O2. The molecule has 1 heterocycles. The van der Waals surface area contributed by atoms with Crippen molar-refractivity contribution in [2.24, 2.45) is 0 Å². The Kier molecular flexibility index (Phi) is 6.22. The Morgan fingerprint density at radius 3 is 2.83 bits per heavy atom. The van der Waals surface area contributed by atoms with Crippen molar-refractivity contribution in [3.63, 3.8) is 0 Å². The van der Waals surface area contributed by atoms with Crippen molar-refractivity contribution in [3.8, 4) is 0 Å². The first-order valence-electron chi connectivity index (χ1n) is 8.97. The van der Waals surface area contributed by atoms with Gasteiger partial charge in [-0.1, -0.05) is 12.1 Å². The van der Waals surface area contributed by atoms with Gasteiger partial charge in [-0.15, -0.1) is 0 Å². The van der Waals surface area contributed by atoms with Crippen LogP contribution >= 0.6 is 0 Å². The van der Waals surface area contributed by atoms with Crippen LogP contribution in [0.4, 0.5) is 4.39 Å². The van der Waals surface area contributed by atoms with Gasteiger partial charge in [0, 0.05) is 39.3 Å². The zero-order valence-electron chi connectivity index (χ0n) is 14.8. The average molecular weight is 336 g/mol. The molecular weight excluding hydrogens is 307 g/mol. The van der Waals surface area contributed by atoms with Crippen LogP contribution in [0, 0.1) is 5.82 Å². The number of hydrogen-bond acceptors (Lipinski definition) is 4. The number of nitrogens with zero attached hydrogens (tertiary/aromatic N) is 2. The summed E-state index contributed by atoms with van der Waals surface area (Å²) in [7, 11) is 3.94. The molecule has 0 radical (unpaired) electrons. The Morgan fingerprint density at radius 2 is 2.08 bits per heavy atom. The number of fused-ring (bicyclic) bond motifs is 1. The zero-order valence-corrected chi connectivity index (χ0v) is 14.8. The number of rotatable bonds is 6. The molecule has 1 saturated heterocycles. The van der Waals surface area contributed by atoms with Gasteiger partial charge in [-0.25, -0.2) is 4.39 Å². The van der Waals surface area contributed by atoms with Gasteiger partial charge in [0.1, 0.15) is 5.82 Å². The largest absolute Gasteiger partial charge is 0.381 e. The Balaban J connectivity index is 1.50. The molecule has 2 fully saturated rings. The van der Waals surface area contributed by atoms with E-state index in [1.165, 1.54) is 12.1 Å². The van der Waals surface area contributed by atoms with Crippen LogP contribution in [0.1, 0.15) is 24.8 Å². The van der Waals surface area contributed by atoms with Gasteiger partial charge in [0.25, 0.3) is 0 Å². The number of morpholine rings is 1. The molecule has 0 spiro atoms. The van der Waals surface area contributed by atoms with Crippen molar-refractivity contribution in [2.45, 2.75) is 44.1 Å². The molecule has 5 heteroatoms. The molecule has 0 amide bonds. The molecule has 0 unspecified atom stereocenters. The first-order valence-corrected chi connectivity index (χ1v) is 8.97. The summed E-state index contributed by atoms with van der Waals surface area (Å²) in [6, 6.07) is 7.27. The first-order chi connectivity index (χ1) is 11.7. The highest BCUT2D eigenvalue weighted by atomic mass is 19.1. The molecule has 134 valence electrons. The predicted molar refractivity (Wildman–Crippen MR) is 92.5 cm³/mol. The first kappa shape index (κ1) is 17.8. The number of methoxy groups -OCH3 is 1. The maximum atomic E-state index is 13.0. The fraction of sp³-hybridized carbons (Fsp3) is 0.684. The van der Waals surface area contributed by atoms with E-state index < -0.39 is 0 Å². The molecule has 1 aromatic carbocycles. The predicted octanol–water partition coefficient (Wildman–Crippen LogP) is 2.53. The standard InChI is InChI=1S/C19H29FN2O2/c1-21(14-15-3-5-16(20)6-4-15)9-10-22-11-12-24-19-8-7-17(23-2)13-18(19)22/h3-6,17-19H,7-14H2,1-2H3/t17-,18+,19+/m1/s1. The van der Waals surface area contributed by atoms with Crippen LogP contribution < -0.4 is 0 Å². The summed E-state index contributed by atoms with van der Waals surface area (Å²) in [6.07, 6.45) is 4.02. The lowest BCUT2D eigenvalue weighted by atomic mass is 9.88. The number of halogens is 1. The van der Waals surface area contributed by atoms with Gasteiger partial charge in [0.15, 0.2) is 0 Å². The molecule has 0 aromatic heterocycles. The number of ether oxygens (including phenoxy) is 2. The fourth-order valence-corrected chi connectivity index (χ4v) is 3.92. The van der Waals surface area contributed by atoms with Gasteiger partial charge in [0.2, 0.25) is 0 Å².